The number of carbonyl (C=O) groups excluding carboxylic acids is 1. The van der Waals surface area contributed by atoms with Gasteiger partial charge in [-0.2, -0.15) is 0 Å². The zero-order valence-electron chi connectivity index (χ0n) is 27.8. The van der Waals surface area contributed by atoms with Crippen LogP contribution in [0.1, 0.15) is 128 Å². The topological polar surface area (TPSA) is 89.1 Å². The number of benzene rings is 1. The molecule has 0 unspecified atom stereocenters. The number of aliphatic hydroxyl groups excluding tert-OH is 1. The van der Waals surface area contributed by atoms with Crippen molar-refractivity contribution >= 4 is 22.5 Å². The molecule has 5 nitrogen and oxygen atoms in total. The van der Waals surface area contributed by atoms with Gasteiger partial charge in [0, 0.05) is 6.42 Å². The van der Waals surface area contributed by atoms with E-state index in [-0.39, 0.29) is 11.9 Å². The Morgan fingerprint density at radius 2 is 1.66 bits per heavy atom. The third-order valence-corrected chi connectivity index (χ3v) is 12.9. The van der Waals surface area contributed by atoms with Crippen molar-refractivity contribution in [2.75, 3.05) is 0 Å². The molecule has 3 saturated carbocycles. The number of allylic oxidation sites excluding steroid dienone is 2. The van der Waals surface area contributed by atoms with E-state index in [1.165, 1.54) is 57.8 Å². The summed E-state index contributed by atoms with van der Waals surface area (Å²) < 4.78 is 0. The summed E-state index contributed by atoms with van der Waals surface area (Å²) in [6, 6.07) is 7.45. The van der Waals surface area contributed by atoms with Gasteiger partial charge in [0.05, 0.1) is 22.8 Å². The normalized spacial score (nSPS) is 35.0. The van der Waals surface area contributed by atoms with Crippen molar-refractivity contribution in [1.29, 1.82) is 0 Å². The second-order valence-electron chi connectivity index (χ2n) is 15.9. The molecule has 8 atom stereocenters. The van der Waals surface area contributed by atoms with Gasteiger partial charge in [-0.3, -0.25) is 4.79 Å². The van der Waals surface area contributed by atoms with Crippen LogP contribution >= 0.6 is 0 Å². The third-order valence-electron chi connectivity index (χ3n) is 12.9. The number of aromatic nitrogens is 2. The first kappa shape index (κ1) is 31.5. The van der Waals surface area contributed by atoms with Crippen LogP contribution < -0.4 is 5.73 Å². The standard InChI is InChI=1S/C27H46O.C12H9N3O/c1-18(2)7-6-8-19(3)23-11-12-24-22-10-9-20-17-21(28)13-15-26(20,4)25(22)14-16-27(23,24)5;13-7-5-6-10(16)12-11(7)14-8-3-1-2-4-9(8)15-12/h9,18-19,21-25,28H,6-8,10-17H2,1-5H3;1-5H,6,13H2/t19-,21+,22+,23-,24+,25+,26+,27-;/m1./s1. The maximum absolute atomic E-state index is 11.7. The van der Waals surface area contributed by atoms with Gasteiger partial charge in [-0.1, -0.05) is 83.7 Å². The molecule has 0 aliphatic heterocycles. The van der Waals surface area contributed by atoms with Crippen molar-refractivity contribution in [3.05, 3.63) is 53.4 Å². The molecule has 44 heavy (non-hydrogen) atoms. The number of Topliss-reactive ketones (excluding diaryl/α,β-unsaturated/α-hetero) is 1. The van der Waals surface area contributed by atoms with Crippen LogP contribution in [0.25, 0.3) is 16.7 Å². The number of fused-ring (bicyclic) bond motifs is 7. The van der Waals surface area contributed by atoms with Crippen molar-refractivity contribution in [2.45, 2.75) is 118 Å². The maximum atomic E-state index is 11.7. The molecule has 3 N–H and O–H groups in total. The smallest absolute Gasteiger partial charge is 0.187 e. The van der Waals surface area contributed by atoms with Gasteiger partial charge in [0.15, 0.2) is 5.78 Å². The summed E-state index contributed by atoms with van der Waals surface area (Å²) in [5.74, 6) is 5.43. The van der Waals surface area contributed by atoms with E-state index in [2.05, 4.69) is 50.7 Å². The fourth-order valence-electron chi connectivity index (χ4n) is 10.5. The number of para-hydroxylation sites is 2. The monoisotopic (exact) mass is 597 g/mol. The van der Waals surface area contributed by atoms with E-state index in [0.29, 0.717) is 34.3 Å². The lowest BCUT2D eigenvalue weighted by Gasteiger charge is -2.58. The average molecular weight is 598 g/mol. The summed E-state index contributed by atoms with van der Waals surface area (Å²) in [7, 11) is 0. The molecule has 238 valence electrons. The second kappa shape index (κ2) is 12.3. The van der Waals surface area contributed by atoms with Gasteiger partial charge in [-0.05, 0) is 110 Å². The molecule has 7 rings (SSSR count). The van der Waals surface area contributed by atoms with Gasteiger partial charge < -0.3 is 10.8 Å². The number of nitrogens with two attached hydrogens (primary N) is 1. The summed E-state index contributed by atoms with van der Waals surface area (Å²) in [5, 5.41) is 10.2. The number of carbonyl (C=O) groups is 1. The van der Waals surface area contributed by atoms with Gasteiger partial charge >= 0.3 is 0 Å². The minimum Gasteiger partial charge on any atom is -0.397 e. The van der Waals surface area contributed by atoms with Crippen LogP contribution in [0.4, 0.5) is 0 Å². The van der Waals surface area contributed by atoms with E-state index >= 15 is 0 Å². The molecular weight excluding hydrogens is 542 g/mol. The molecular formula is C39H55N3O2. The molecule has 3 fully saturated rings. The lowest BCUT2D eigenvalue weighted by molar-refractivity contribution is -0.0573. The van der Waals surface area contributed by atoms with Gasteiger partial charge in [0.2, 0.25) is 0 Å². The minimum atomic E-state index is -0.0766. The average Bonchev–Trinajstić information content (AvgIpc) is 3.36. The van der Waals surface area contributed by atoms with Gasteiger partial charge in [0.1, 0.15) is 11.4 Å². The molecule has 0 saturated heterocycles. The Morgan fingerprint density at radius 3 is 2.39 bits per heavy atom. The van der Waals surface area contributed by atoms with E-state index in [1.807, 2.05) is 24.3 Å². The Bertz CT molecular complexity index is 1440. The summed E-state index contributed by atoms with van der Waals surface area (Å²) >= 11 is 0. The van der Waals surface area contributed by atoms with Crippen molar-refractivity contribution in [3.8, 4) is 0 Å². The molecule has 0 amide bonds. The lowest BCUT2D eigenvalue weighted by Crippen LogP contribution is -2.50. The Kier molecular flexibility index (Phi) is 8.82. The van der Waals surface area contributed by atoms with Gasteiger partial charge in [0.25, 0.3) is 0 Å². The number of nitrogens with zero attached hydrogens (tertiary/aromatic N) is 2. The van der Waals surface area contributed by atoms with E-state index in [0.717, 1.165) is 59.4 Å². The highest BCUT2D eigenvalue weighted by Gasteiger charge is 2.59. The fraction of sp³-hybridized carbons (Fsp3) is 0.667. The summed E-state index contributed by atoms with van der Waals surface area (Å²) in [5.41, 5.74) is 11.3. The Hall–Kier alpha value is -2.53. The minimum absolute atomic E-state index is 0.0255. The fourth-order valence-corrected chi connectivity index (χ4v) is 10.5. The van der Waals surface area contributed by atoms with Crippen LogP contribution in [0, 0.1) is 46.3 Å². The molecule has 1 aromatic carbocycles. The first-order valence-corrected chi connectivity index (χ1v) is 17.6. The zero-order valence-corrected chi connectivity index (χ0v) is 27.8. The molecule has 5 heteroatoms. The van der Waals surface area contributed by atoms with Crippen molar-refractivity contribution < 1.29 is 9.90 Å². The van der Waals surface area contributed by atoms with Crippen molar-refractivity contribution in [2.24, 2.45) is 52.1 Å². The lowest BCUT2D eigenvalue weighted by atomic mass is 9.47. The summed E-state index contributed by atoms with van der Waals surface area (Å²) in [6.07, 6.45) is 19.2. The quantitative estimate of drug-likeness (QED) is 0.336. The van der Waals surface area contributed by atoms with Crippen LogP contribution in [0.2, 0.25) is 0 Å². The summed E-state index contributed by atoms with van der Waals surface area (Å²) in [6.45, 7) is 12.6. The molecule has 2 aromatic rings. The van der Waals surface area contributed by atoms with Crippen LogP contribution in [-0.4, -0.2) is 27.0 Å². The van der Waals surface area contributed by atoms with Crippen LogP contribution in [0.5, 0.6) is 0 Å². The molecule has 0 radical (unpaired) electrons. The van der Waals surface area contributed by atoms with E-state index in [4.69, 9.17) is 5.73 Å². The number of ketones is 1. The van der Waals surface area contributed by atoms with E-state index in [1.54, 1.807) is 11.6 Å². The number of aliphatic hydroxyl groups is 1. The third kappa shape index (κ3) is 5.67. The largest absolute Gasteiger partial charge is 0.397 e. The molecule has 1 heterocycles. The first-order valence-electron chi connectivity index (χ1n) is 17.6. The molecule has 5 aliphatic carbocycles. The highest BCUT2D eigenvalue weighted by Crippen LogP contribution is 2.67. The molecule has 0 bridgehead atoms. The van der Waals surface area contributed by atoms with Crippen LogP contribution in [-0.2, 0) is 0 Å². The Labute approximate surface area is 265 Å². The van der Waals surface area contributed by atoms with Crippen molar-refractivity contribution in [1.82, 2.24) is 9.97 Å². The first-order chi connectivity index (χ1) is 21.0. The highest BCUT2D eigenvalue weighted by molar-refractivity contribution is 6.03. The van der Waals surface area contributed by atoms with Crippen LogP contribution in [0.3, 0.4) is 0 Å². The second-order valence-corrected chi connectivity index (χ2v) is 15.9. The number of hydrogen-bond acceptors (Lipinski definition) is 5. The predicted molar refractivity (Wildman–Crippen MR) is 180 cm³/mol. The summed E-state index contributed by atoms with van der Waals surface area (Å²) in [4.78, 5) is 20.4. The zero-order chi connectivity index (χ0) is 31.2. The predicted octanol–water partition coefficient (Wildman–Crippen LogP) is 8.90. The maximum Gasteiger partial charge on any atom is 0.187 e. The Balaban J connectivity index is 0.000000181. The molecule has 1 aromatic heterocycles. The highest BCUT2D eigenvalue weighted by atomic mass is 16.3. The Morgan fingerprint density at radius 1 is 0.932 bits per heavy atom. The van der Waals surface area contributed by atoms with E-state index in [9.17, 15) is 9.90 Å². The van der Waals surface area contributed by atoms with Crippen LogP contribution in [0.15, 0.2) is 42.0 Å². The molecule has 5 aliphatic rings. The van der Waals surface area contributed by atoms with E-state index < -0.39 is 0 Å². The number of hydrogen-bond donors (Lipinski definition) is 2. The molecule has 0 spiro atoms. The SMILES string of the molecule is CC(C)CCC[C@@H](C)[C@H]1CC[C@H]2[C@@H]3CC=C4C[C@@H](O)CC[C@]4(C)[C@H]3CC[C@]12C.NC1=CCC(=O)c2nc3ccccc3nc21. The van der Waals surface area contributed by atoms with Crippen molar-refractivity contribution in [3.63, 3.8) is 0 Å². The van der Waals surface area contributed by atoms with Gasteiger partial charge in [-0.25, -0.2) is 9.97 Å². The number of rotatable bonds is 5. The van der Waals surface area contributed by atoms with Gasteiger partial charge in [-0.15, -0.1) is 0 Å².